The molecule has 1 aliphatic heterocycles. The third-order valence-corrected chi connectivity index (χ3v) is 6.35. The highest BCUT2D eigenvalue weighted by Crippen LogP contribution is 2.20. The average molecular weight is 428 g/mol. The molecular weight excluding hydrogens is 394 g/mol. The molecule has 3 aliphatic rings. The average Bonchev–Trinajstić information content (AvgIpc) is 3.59. The zero-order chi connectivity index (χ0) is 21.6. The summed E-state index contributed by atoms with van der Waals surface area (Å²) in [4.78, 5) is 38.9. The molecule has 3 fully saturated rings. The summed E-state index contributed by atoms with van der Waals surface area (Å²) in [7, 11) is 0. The van der Waals surface area contributed by atoms with Crippen molar-refractivity contribution >= 4 is 23.7 Å². The van der Waals surface area contributed by atoms with E-state index in [0.717, 1.165) is 38.5 Å². The van der Waals surface area contributed by atoms with Crippen molar-refractivity contribution in [2.75, 3.05) is 18.4 Å². The normalized spacial score (nSPS) is 20.1. The second-order valence-electron chi connectivity index (χ2n) is 8.97. The summed E-state index contributed by atoms with van der Waals surface area (Å²) in [6.45, 7) is 1.17. The predicted octanol–water partition coefficient (Wildman–Crippen LogP) is 3.21. The van der Waals surface area contributed by atoms with Crippen LogP contribution in [0.3, 0.4) is 0 Å². The molecule has 2 aliphatic carbocycles. The van der Waals surface area contributed by atoms with Gasteiger partial charge >= 0.3 is 12.1 Å². The fourth-order valence-corrected chi connectivity index (χ4v) is 4.32. The van der Waals surface area contributed by atoms with Crippen molar-refractivity contribution in [2.45, 2.75) is 75.9 Å². The first-order valence-corrected chi connectivity index (χ1v) is 11.6. The smallest absolute Gasteiger partial charge is 0.321 e. The van der Waals surface area contributed by atoms with E-state index in [1.165, 1.54) is 19.3 Å². The Kier molecular flexibility index (Phi) is 6.94. The Balaban J connectivity index is 1.20. The van der Waals surface area contributed by atoms with Crippen molar-refractivity contribution in [3.8, 4) is 0 Å². The number of urea groups is 2. The summed E-state index contributed by atoms with van der Waals surface area (Å²) in [6.07, 6.45) is 9.30. The fourth-order valence-electron chi connectivity index (χ4n) is 4.32. The molecule has 1 aromatic carbocycles. The van der Waals surface area contributed by atoms with Crippen LogP contribution in [-0.2, 0) is 0 Å². The van der Waals surface area contributed by atoms with Crippen LogP contribution in [0.4, 0.5) is 15.3 Å². The van der Waals surface area contributed by atoms with Crippen LogP contribution in [0, 0.1) is 0 Å². The van der Waals surface area contributed by atoms with E-state index in [9.17, 15) is 14.4 Å². The zero-order valence-electron chi connectivity index (χ0n) is 18.0. The molecule has 0 unspecified atom stereocenters. The lowest BCUT2D eigenvalue weighted by Gasteiger charge is -2.33. The molecule has 8 nitrogen and oxygen atoms in total. The number of anilines is 1. The Bertz CT molecular complexity index is 796. The Morgan fingerprint density at radius 2 is 1.42 bits per heavy atom. The Morgan fingerprint density at radius 3 is 2.10 bits per heavy atom. The molecule has 4 rings (SSSR count). The van der Waals surface area contributed by atoms with E-state index in [4.69, 9.17) is 0 Å². The Hall–Kier alpha value is -2.77. The van der Waals surface area contributed by atoms with Gasteiger partial charge in [0, 0.05) is 42.5 Å². The number of piperidine rings is 1. The molecule has 0 bridgehead atoms. The van der Waals surface area contributed by atoms with Crippen LogP contribution in [-0.4, -0.2) is 54.1 Å². The molecule has 0 aromatic heterocycles. The first-order valence-electron chi connectivity index (χ1n) is 11.6. The topological polar surface area (TPSA) is 103 Å². The number of carbonyl (C=O) groups excluding carboxylic acids is 3. The molecular formula is C23H33N5O3. The van der Waals surface area contributed by atoms with Crippen molar-refractivity contribution in [3.63, 3.8) is 0 Å². The van der Waals surface area contributed by atoms with E-state index < -0.39 is 0 Å². The van der Waals surface area contributed by atoms with Gasteiger partial charge in [-0.3, -0.25) is 4.79 Å². The summed E-state index contributed by atoms with van der Waals surface area (Å²) in [5.74, 6) is -0.100. The van der Waals surface area contributed by atoms with Crippen LogP contribution in [0.2, 0.25) is 0 Å². The van der Waals surface area contributed by atoms with Crippen LogP contribution < -0.4 is 21.3 Å². The lowest BCUT2D eigenvalue weighted by Crippen LogP contribution is -2.51. The third kappa shape index (κ3) is 6.35. The molecule has 5 amide bonds. The number of likely N-dealkylation sites (tertiary alicyclic amines) is 1. The SMILES string of the molecule is O=C(NC1CCCCC1)NC1CCN(C(=O)Nc2cccc(C(=O)NC3CC3)c2)CC1. The highest BCUT2D eigenvalue weighted by Gasteiger charge is 2.26. The molecule has 1 aromatic rings. The monoisotopic (exact) mass is 427 g/mol. The number of carbonyl (C=O) groups is 3. The van der Waals surface area contributed by atoms with Gasteiger partial charge in [0.2, 0.25) is 0 Å². The van der Waals surface area contributed by atoms with Crippen molar-refractivity contribution < 1.29 is 14.4 Å². The van der Waals surface area contributed by atoms with Gasteiger partial charge in [0.25, 0.3) is 5.91 Å². The lowest BCUT2D eigenvalue weighted by atomic mass is 9.96. The molecule has 168 valence electrons. The molecule has 1 saturated heterocycles. The van der Waals surface area contributed by atoms with Gasteiger partial charge < -0.3 is 26.2 Å². The van der Waals surface area contributed by atoms with E-state index >= 15 is 0 Å². The van der Waals surface area contributed by atoms with Gasteiger partial charge in [-0.25, -0.2) is 9.59 Å². The molecule has 2 saturated carbocycles. The minimum absolute atomic E-state index is 0.0853. The number of nitrogens with zero attached hydrogens (tertiary/aromatic N) is 1. The molecule has 4 N–H and O–H groups in total. The summed E-state index contributed by atoms with van der Waals surface area (Å²) in [5.41, 5.74) is 1.16. The Labute approximate surface area is 183 Å². The number of nitrogens with one attached hydrogen (secondary N) is 4. The van der Waals surface area contributed by atoms with Crippen LogP contribution in [0.5, 0.6) is 0 Å². The minimum Gasteiger partial charge on any atom is -0.349 e. The highest BCUT2D eigenvalue weighted by molar-refractivity contribution is 5.97. The standard InChI is InChI=1S/C23H33N5O3/c29-21(24-18-9-10-18)16-5-4-8-20(15-16)27-23(31)28-13-11-19(12-14-28)26-22(30)25-17-6-2-1-3-7-17/h4-5,8,15,17-19H,1-3,6-7,9-14H2,(H,24,29)(H,27,31)(H2,25,26,30). The van der Waals surface area contributed by atoms with Gasteiger partial charge in [-0.2, -0.15) is 0 Å². The molecule has 0 spiro atoms. The summed E-state index contributed by atoms with van der Waals surface area (Å²) in [6, 6.07) is 7.44. The summed E-state index contributed by atoms with van der Waals surface area (Å²) in [5, 5.41) is 12.0. The maximum Gasteiger partial charge on any atom is 0.321 e. The van der Waals surface area contributed by atoms with Gasteiger partial charge in [-0.1, -0.05) is 25.3 Å². The minimum atomic E-state index is -0.176. The van der Waals surface area contributed by atoms with Crippen molar-refractivity contribution in [1.29, 1.82) is 0 Å². The zero-order valence-corrected chi connectivity index (χ0v) is 18.0. The van der Waals surface area contributed by atoms with Gasteiger partial charge in [0.15, 0.2) is 0 Å². The molecule has 0 radical (unpaired) electrons. The van der Waals surface area contributed by atoms with Crippen LogP contribution in [0.15, 0.2) is 24.3 Å². The van der Waals surface area contributed by atoms with Crippen molar-refractivity contribution in [3.05, 3.63) is 29.8 Å². The highest BCUT2D eigenvalue weighted by atomic mass is 16.2. The van der Waals surface area contributed by atoms with E-state index in [1.54, 1.807) is 29.2 Å². The second kappa shape index (κ2) is 10.0. The van der Waals surface area contributed by atoms with Crippen molar-refractivity contribution in [2.24, 2.45) is 0 Å². The maximum atomic E-state index is 12.6. The molecule has 8 heteroatoms. The summed E-state index contributed by atoms with van der Waals surface area (Å²) >= 11 is 0. The van der Waals surface area contributed by atoms with E-state index in [0.29, 0.717) is 36.4 Å². The van der Waals surface area contributed by atoms with Crippen LogP contribution in [0.25, 0.3) is 0 Å². The van der Waals surface area contributed by atoms with E-state index in [2.05, 4.69) is 21.3 Å². The van der Waals surface area contributed by atoms with Gasteiger partial charge in [-0.15, -0.1) is 0 Å². The quantitative estimate of drug-likeness (QED) is 0.580. The lowest BCUT2D eigenvalue weighted by molar-refractivity contribution is 0.0951. The third-order valence-electron chi connectivity index (χ3n) is 6.35. The number of amides is 5. The number of hydrogen-bond acceptors (Lipinski definition) is 3. The second-order valence-corrected chi connectivity index (χ2v) is 8.97. The molecule has 31 heavy (non-hydrogen) atoms. The van der Waals surface area contributed by atoms with Crippen molar-refractivity contribution in [1.82, 2.24) is 20.9 Å². The molecule has 1 heterocycles. The Morgan fingerprint density at radius 1 is 0.774 bits per heavy atom. The number of rotatable bonds is 5. The van der Waals surface area contributed by atoms with E-state index in [1.807, 2.05) is 0 Å². The van der Waals surface area contributed by atoms with E-state index in [-0.39, 0.29) is 24.0 Å². The first-order chi connectivity index (χ1) is 15.1. The maximum absolute atomic E-state index is 12.6. The number of hydrogen-bond donors (Lipinski definition) is 4. The number of benzene rings is 1. The first kappa shape index (κ1) is 21.5. The molecule has 0 atom stereocenters. The van der Waals surface area contributed by atoms with Crippen LogP contribution >= 0.6 is 0 Å². The van der Waals surface area contributed by atoms with Gasteiger partial charge in [0.05, 0.1) is 0 Å². The van der Waals surface area contributed by atoms with Crippen LogP contribution in [0.1, 0.15) is 68.1 Å². The largest absolute Gasteiger partial charge is 0.349 e. The van der Waals surface area contributed by atoms with Gasteiger partial charge in [-0.05, 0) is 56.7 Å². The predicted molar refractivity (Wildman–Crippen MR) is 119 cm³/mol. The summed E-state index contributed by atoms with van der Waals surface area (Å²) < 4.78 is 0. The van der Waals surface area contributed by atoms with Gasteiger partial charge in [0.1, 0.15) is 0 Å². The fraction of sp³-hybridized carbons (Fsp3) is 0.609.